The number of esters is 1. The zero-order chi connectivity index (χ0) is 18.6. The SMILES string of the molecule is COc1ccc(OC(=O)C(C)Oc2ccc(Cl)cc2Cl)c([N+](=O)[O-])c1. The van der Waals surface area contributed by atoms with Crippen LogP contribution in [0.4, 0.5) is 5.69 Å². The van der Waals surface area contributed by atoms with E-state index in [-0.39, 0.29) is 22.3 Å². The summed E-state index contributed by atoms with van der Waals surface area (Å²) in [6.07, 6.45) is -1.06. The maximum absolute atomic E-state index is 12.2. The monoisotopic (exact) mass is 385 g/mol. The van der Waals surface area contributed by atoms with Crippen molar-refractivity contribution < 1.29 is 23.9 Å². The Kier molecular flexibility index (Phi) is 6.06. The van der Waals surface area contributed by atoms with E-state index in [4.69, 9.17) is 37.4 Å². The molecule has 9 heteroatoms. The van der Waals surface area contributed by atoms with Crippen molar-refractivity contribution >= 4 is 34.9 Å². The number of hydrogen-bond acceptors (Lipinski definition) is 6. The van der Waals surface area contributed by atoms with Crippen molar-refractivity contribution in [1.82, 2.24) is 0 Å². The van der Waals surface area contributed by atoms with Crippen molar-refractivity contribution in [3.8, 4) is 17.2 Å². The van der Waals surface area contributed by atoms with Crippen molar-refractivity contribution in [2.24, 2.45) is 0 Å². The molecule has 0 bridgehead atoms. The number of ether oxygens (including phenoxy) is 3. The highest BCUT2D eigenvalue weighted by molar-refractivity contribution is 6.35. The summed E-state index contributed by atoms with van der Waals surface area (Å²) in [5.41, 5.74) is -0.399. The molecule has 0 aliphatic heterocycles. The number of carbonyl (C=O) groups is 1. The molecule has 1 atom stereocenters. The van der Waals surface area contributed by atoms with Crippen LogP contribution in [0.1, 0.15) is 6.92 Å². The molecule has 0 aliphatic rings. The van der Waals surface area contributed by atoms with E-state index in [1.54, 1.807) is 6.07 Å². The molecule has 0 N–H and O–H groups in total. The summed E-state index contributed by atoms with van der Waals surface area (Å²) in [4.78, 5) is 22.6. The molecular formula is C16H13Cl2NO6. The molecule has 0 spiro atoms. The second-order valence-corrected chi connectivity index (χ2v) is 5.69. The van der Waals surface area contributed by atoms with Crippen molar-refractivity contribution in [1.29, 1.82) is 0 Å². The first kappa shape index (κ1) is 18.8. The third-order valence-corrected chi connectivity index (χ3v) is 3.63. The number of hydrogen-bond donors (Lipinski definition) is 0. The molecule has 1 unspecified atom stereocenters. The topological polar surface area (TPSA) is 87.9 Å². The number of halogens is 2. The Morgan fingerprint density at radius 3 is 2.44 bits per heavy atom. The van der Waals surface area contributed by atoms with E-state index in [0.29, 0.717) is 5.02 Å². The molecule has 0 fully saturated rings. The number of benzene rings is 2. The van der Waals surface area contributed by atoms with Gasteiger partial charge in [0, 0.05) is 5.02 Å². The van der Waals surface area contributed by atoms with Crippen LogP contribution < -0.4 is 14.2 Å². The lowest BCUT2D eigenvalue weighted by atomic mass is 10.2. The van der Waals surface area contributed by atoms with Crippen molar-refractivity contribution in [2.75, 3.05) is 7.11 Å². The maximum atomic E-state index is 12.2. The Balaban J connectivity index is 2.14. The first-order valence-corrected chi connectivity index (χ1v) is 7.73. The Labute approximate surface area is 153 Å². The van der Waals surface area contributed by atoms with Crippen LogP contribution in [-0.4, -0.2) is 24.1 Å². The summed E-state index contributed by atoms with van der Waals surface area (Å²) in [5.74, 6) is -0.531. The predicted octanol–water partition coefficient (Wildman–Crippen LogP) is 4.28. The van der Waals surface area contributed by atoms with Gasteiger partial charge in [0.25, 0.3) is 0 Å². The maximum Gasteiger partial charge on any atom is 0.352 e. The average Bonchev–Trinajstić information content (AvgIpc) is 2.57. The van der Waals surface area contributed by atoms with Gasteiger partial charge in [-0.2, -0.15) is 0 Å². The van der Waals surface area contributed by atoms with Gasteiger partial charge in [0.15, 0.2) is 6.10 Å². The van der Waals surface area contributed by atoms with Crippen LogP contribution in [0.3, 0.4) is 0 Å². The number of nitrogens with zero attached hydrogens (tertiary/aromatic N) is 1. The van der Waals surface area contributed by atoms with Gasteiger partial charge >= 0.3 is 11.7 Å². The molecule has 2 rings (SSSR count). The molecule has 2 aromatic carbocycles. The zero-order valence-corrected chi connectivity index (χ0v) is 14.7. The van der Waals surface area contributed by atoms with E-state index in [9.17, 15) is 14.9 Å². The van der Waals surface area contributed by atoms with Crippen molar-refractivity contribution in [2.45, 2.75) is 13.0 Å². The van der Waals surface area contributed by atoms with E-state index in [2.05, 4.69) is 0 Å². The fourth-order valence-corrected chi connectivity index (χ4v) is 2.31. The number of nitro benzene ring substituents is 1. The van der Waals surface area contributed by atoms with Crippen LogP contribution in [0, 0.1) is 10.1 Å². The Bertz CT molecular complexity index is 811. The summed E-state index contributed by atoms with van der Waals surface area (Å²) in [7, 11) is 1.37. The molecule has 0 amide bonds. The minimum absolute atomic E-state index is 0.214. The average molecular weight is 386 g/mol. The zero-order valence-electron chi connectivity index (χ0n) is 13.2. The Morgan fingerprint density at radius 2 is 1.84 bits per heavy atom. The van der Waals surface area contributed by atoms with Gasteiger partial charge in [-0.3, -0.25) is 10.1 Å². The van der Waals surface area contributed by atoms with E-state index in [1.807, 2.05) is 0 Å². The molecule has 0 saturated heterocycles. The number of rotatable bonds is 6. The van der Waals surface area contributed by atoms with Gasteiger partial charge in [-0.05, 0) is 37.3 Å². The van der Waals surface area contributed by atoms with Crippen LogP contribution in [0.15, 0.2) is 36.4 Å². The lowest BCUT2D eigenvalue weighted by Crippen LogP contribution is -2.28. The molecule has 0 aromatic heterocycles. The van der Waals surface area contributed by atoms with Crippen LogP contribution in [0.2, 0.25) is 10.0 Å². The summed E-state index contributed by atoms with van der Waals surface area (Å²) in [6.45, 7) is 1.43. The first-order valence-electron chi connectivity index (χ1n) is 6.97. The first-order chi connectivity index (χ1) is 11.8. The summed E-state index contributed by atoms with van der Waals surface area (Å²) in [5, 5.41) is 11.7. The minimum atomic E-state index is -1.06. The van der Waals surface area contributed by atoms with E-state index in [0.717, 1.165) is 6.07 Å². The van der Waals surface area contributed by atoms with E-state index >= 15 is 0 Å². The molecular weight excluding hydrogens is 373 g/mol. The Morgan fingerprint density at radius 1 is 1.16 bits per heavy atom. The standard InChI is InChI=1S/C16H13Cl2NO6/c1-9(24-14-5-3-10(17)7-12(14)18)16(20)25-15-6-4-11(23-2)8-13(15)19(21)22/h3-9H,1-2H3. The molecule has 25 heavy (non-hydrogen) atoms. The fourth-order valence-electron chi connectivity index (χ4n) is 1.85. The normalized spacial score (nSPS) is 11.5. The lowest BCUT2D eigenvalue weighted by molar-refractivity contribution is -0.385. The molecule has 0 saturated carbocycles. The highest BCUT2D eigenvalue weighted by atomic mass is 35.5. The van der Waals surface area contributed by atoms with Crippen LogP contribution in [0.5, 0.6) is 17.2 Å². The van der Waals surface area contributed by atoms with Crippen LogP contribution >= 0.6 is 23.2 Å². The predicted molar refractivity (Wildman–Crippen MR) is 91.8 cm³/mol. The minimum Gasteiger partial charge on any atom is -0.496 e. The second-order valence-electron chi connectivity index (χ2n) is 4.85. The Hall–Kier alpha value is -2.51. The van der Waals surface area contributed by atoms with Crippen LogP contribution in [-0.2, 0) is 4.79 Å². The quantitative estimate of drug-likeness (QED) is 0.319. The molecule has 132 valence electrons. The van der Waals surface area contributed by atoms with Crippen LogP contribution in [0.25, 0.3) is 0 Å². The summed E-state index contributed by atoms with van der Waals surface area (Å²) in [6, 6.07) is 8.39. The van der Waals surface area contributed by atoms with E-state index in [1.165, 1.54) is 38.3 Å². The highest BCUT2D eigenvalue weighted by Crippen LogP contribution is 2.32. The van der Waals surface area contributed by atoms with Gasteiger partial charge in [0.1, 0.15) is 11.5 Å². The van der Waals surface area contributed by atoms with Gasteiger partial charge < -0.3 is 14.2 Å². The third-order valence-electron chi connectivity index (χ3n) is 3.10. The smallest absolute Gasteiger partial charge is 0.352 e. The molecule has 7 nitrogen and oxygen atoms in total. The molecule has 0 radical (unpaired) electrons. The van der Waals surface area contributed by atoms with E-state index < -0.39 is 22.7 Å². The molecule has 0 heterocycles. The second kappa shape index (κ2) is 8.04. The summed E-state index contributed by atoms with van der Waals surface area (Å²) >= 11 is 11.8. The number of carbonyl (C=O) groups excluding carboxylic acids is 1. The summed E-state index contributed by atoms with van der Waals surface area (Å²) < 4.78 is 15.4. The fraction of sp³-hybridized carbons (Fsp3) is 0.188. The van der Waals surface area contributed by atoms with Crippen molar-refractivity contribution in [3.63, 3.8) is 0 Å². The lowest BCUT2D eigenvalue weighted by Gasteiger charge is -2.15. The van der Waals surface area contributed by atoms with Gasteiger partial charge in [-0.25, -0.2) is 4.79 Å². The number of nitro groups is 1. The van der Waals surface area contributed by atoms with Crippen molar-refractivity contribution in [3.05, 3.63) is 56.6 Å². The van der Waals surface area contributed by atoms with Gasteiger partial charge in [0.2, 0.25) is 5.75 Å². The molecule has 2 aromatic rings. The molecule has 0 aliphatic carbocycles. The van der Waals surface area contributed by atoms with Gasteiger partial charge in [0.05, 0.1) is 23.1 Å². The largest absolute Gasteiger partial charge is 0.496 e. The number of methoxy groups -OCH3 is 1. The van der Waals surface area contributed by atoms with Gasteiger partial charge in [-0.1, -0.05) is 23.2 Å². The third kappa shape index (κ3) is 4.74. The highest BCUT2D eigenvalue weighted by Gasteiger charge is 2.24. The van der Waals surface area contributed by atoms with Gasteiger partial charge in [-0.15, -0.1) is 0 Å².